The zero-order chi connectivity index (χ0) is 24.1. The van der Waals surface area contributed by atoms with Crippen LogP contribution in [0.3, 0.4) is 0 Å². The molecule has 0 spiro atoms. The molecular weight excluding hydrogens is 433 g/mol. The molecule has 178 valence electrons. The smallest absolute Gasteiger partial charge is 0.201 e. The van der Waals surface area contributed by atoms with Crippen molar-refractivity contribution < 1.29 is 17.9 Å². The van der Waals surface area contributed by atoms with Crippen LogP contribution in [0.5, 0.6) is 5.75 Å². The van der Waals surface area contributed by atoms with E-state index in [4.69, 9.17) is 4.74 Å². The van der Waals surface area contributed by atoms with Crippen molar-refractivity contribution in [3.8, 4) is 28.0 Å². The van der Waals surface area contributed by atoms with Gasteiger partial charge in [0.25, 0.3) is 0 Å². The summed E-state index contributed by atoms with van der Waals surface area (Å²) in [4.78, 5) is 0. The summed E-state index contributed by atoms with van der Waals surface area (Å²) in [5.41, 5.74) is 2.92. The quantitative estimate of drug-likeness (QED) is 0.239. The van der Waals surface area contributed by atoms with E-state index in [9.17, 15) is 8.78 Å². The molecule has 0 bridgehead atoms. The maximum absolute atomic E-state index is 15.0. The standard InChI is InChI=1S/C30H31F3O/c1-3-5-18-34-28-17-16-26(29(32)30(28)33)23-12-10-22(11-13-23)25-15-14-24(19-27(25)31)21-8-6-20(4-2)7-9-21/h4,10-17,19-21H,2-3,5-9,18H2,1H3. The molecule has 4 heteroatoms. The maximum Gasteiger partial charge on any atom is 0.201 e. The highest BCUT2D eigenvalue weighted by Gasteiger charge is 2.22. The van der Waals surface area contributed by atoms with E-state index in [1.165, 1.54) is 12.1 Å². The Morgan fingerprint density at radius 1 is 0.853 bits per heavy atom. The highest BCUT2D eigenvalue weighted by atomic mass is 19.2. The lowest BCUT2D eigenvalue weighted by atomic mass is 9.78. The van der Waals surface area contributed by atoms with Crippen molar-refractivity contribution in [1.29, 1.82) is 0 Å². The number of hydrogen-bond donors (Lipinski definition) is 0. The SMILES string of the molecule is C=CC1CCC(c2ccc(-c3ccc(-c4ccc(OCCCC)c(F)c4F)cc3)c(F)c2)CC1. The Balaban J connectivity index is 1.51. The van der Waals surface area contributed by atoms with Crippen LogP contribution in [-0.4, -0.2) is 6.61 Å². The fourth-order valence-electron chi connectivity index (χ4n) is 4.73. The molecular formula is C30H31F3O. The van der Waals surface area contributed by atoms with Gasteiger partial charge in [-0.15, -0.1) is 6.58 Å². The molecule has 3 aromatic rings. The second kappa shape index (κ2) is 10.9. The van der Waals surface area contributed by atoms with Crippen LogP contribution in [0.25, 0.3) is 22.3 Å². The summed E-state index contributed by atoms with van der Waals surface area (Å²) >= 11 is 0. The van der Waals surface area contributed by atoms with Crippen LogP contribution in [-0.2, 0) is 0 Å². The van der Waals surface area contributed by atoms with Crippen molar-refractivity contribution in [2.75, 3.05) is 6.61 Å². The maximum atomic E-state index is 15.0. The van der Waals surface area contributed by atoms with E-state index < -0.39 is 11.6 Å². The lowest BCUT2D eigenvalue weighted by molar-refractivity contribution is 0.289. The van der Waals surface area contributed by atoms with Crippen LogP contribution in [0.1, 0.15) is 56.9 Å². The van der Waals surface area contributed by atoms with E-state index in [0.29, 0.717) is 35.1 Å². The van der Waals surface area contributed by atoms with Crippen molar-refractivity contribution in [2.45, 2.75) is 51.4 Å². The van der Waals surface area contributed by atoms with Crippen LogP contribution in [0.4, 0.5) is 13.2 Å². The summed E-state index contributed by atoms with van der Waals surface area (Å²) in [5.74, 6) is -1.31. The normalized spacial score (nSPS) is 18.0. The van der Waals surface area contributed by atoms with Gasteiger partial charge in [0.2, 0.25) is 5.82 Å². The van der Waals surface area contributed by atoms with Crippen LogP contribution >= 0.6 is 0 Å². The molecule has 0 radical (unpaired) electrons. The number of rotatable bonds is 8. The van der Waals surface area contributed by atoms with Gasteiger partial charge in [0.05, 0.1) is 6.61 Å². The van der Waals surface area contributed by atoms with Crippen LogP contribution in [0.15, 0.2) is 67.3 Å². The second-order valence-corrected chi connectivity index (χ2v) is 9.11. The zero-order valence-corrected chi connectivity index (χ0v) is 19.6. The minimum absolute atomic E-state index is 0.0774. The first-order valence-corrected chi connectivity index (χ1v) is 12.2. The summed E-state index contributed by atoms with van der Waals surface area (Å²) in [6, 6.07) is 15.3. The van der Waals surface area contributed by atoms with Crippen molar-refractivity contribution in [3.05, 3.63) is 90.3 Å². The third-order valence-electron chi connectivity index (χ3n) is 6.88. The highest BCUT2D eigenvalue weighted by molar-refractivity contribution is 5.71. The van der Waals surface area contributed by atoms with Gasteiger partial charge in [-0.2, -0.15) is 4.39 Å². The molecule has 34 heavy (non-hydrogen) atoms. The average Bonchev–Trinajstić information content (AvgIpc) is 2.87. The predicted molar refractivity (Wildman–Crippen MR) is 132 cm³/mol. The Hall–Kier alpha value is -3.01. The second-order valence-electron chi connectivity index (χ2n) is 9.11. The minimum atomic E-state index is -0.985. The average molecular weight is 465 g/mol. The molecule has 1 fully saturated rings. The molecule has 4 rings (SSSR count). The van der Waals surface area contributed by atoms with E-state index >= 15 is 4.39 Å². The number of allylic oxidation sites excluding steroid dienone is 1. The van der Waals surface area contributed by atoms with Crippen molar-refractivity contribution >= 4 is 0 Å². The van der Waals surface area contributed by atoms with E-state index in [0.717, 1.165) is 44.1 Å². The summed E-state index contributed by atoms with van der Waals surface area (Å²) < 4.78 is 49.5. The third kappa shape index (κ3) is 5.22. The Morgan fingerprint density at radius 3 is 2.12 bits per heavy atom. The summed E-state index contributed by atoms with van der Waals surface area (Å²) in [5, 5.41) is 0. The fraction of sp³-hybridized carbons (Fsp3) is 0.333. The first-order chi connectivity index (χ1) is 16.5. The van der Waals surface area contributed by atoms with Gasteiger partial charge >= 0.3 is 0 Å². The molecule has 0 unspecified atom stereocenters. The number of halogens is 3. The Labute approximate surface area is 200 Å². The molecule has 0 N–H and O–H groups in total. The molecule has 0 amide bonds. The van der Waals surface area contributed by atoms with Gasteiger partial charge in [0.1, 0.15) is 5.82 Å². The number of benzene rings is 3. The van der Waals surface area contributed by atoms with Crippen LogP contribution in [0.2, 0.25) is 0 Å². The highest BCUT2D eigenvalue weighted by Crippen LogP contribution is 2.38. The Bertz CT molecular complexity index is 1130. The monoisotopic (exact) mass is 464 g/mol. The molecule has 1 saturated carbocycles. The van der Waals surface area contributed by atoms with E-state index in [1.54, 1.807) is 30.3 Å². The lowest BCUT2D eigenvalue weighted by Gasteiger charge is -2.27. The van der Waals surface area contributed by atoms with E-state index in [-0.39, 0.29) is 17.1 Å². The van der Waals surface area contributed by atoms with Gasteiger partial charge < -0.3 is 4.74 Å². The van der Waals surface area contributed by atoms with E-state index in [1.807, 2.05) is 25.1 Å². The molecule has 3 aromatic carbocycles. The molecule has 1 aliphatic carbocycles. The molecule has 0 heterocycles. The lowest BCUT2D eigenvalue weighted by Crippen LogP contribution is -2.11. The van der Waals surface area contributed by atoms with Crippen LogP contribution in [0, 0.1) is 23.4 Å². The topological polar surface area (TPSA) is 9.23 Å². The number of ether oxygens (including phenoxy) is 1. The van der Waals surface area contributed by atoms with Crippen molar-refractivity contribution in [1.82, 2.24) is 0 Å². The summed E-state index contributed by atoms with van der Waals surface area (Å²) in [6.45, 7) is 6.24. The van der Waals surface area contributed by atoms with Crippen LogP contribution < -0.4 is 4.74 Å². The van der Waals surface area contributed by atoms with Gasteiger partial charge in [-0.1, -0.05) is 55.8 Å². The van der Waals surface area contributed by atoms with Gasteiger partial charge in [-0.3, -0.25) is 0 Å². The predicted octanol–water partition coefficient (Wildman–Crippen LogP) is 9.08. The zero-order valence-electron chi connectivity index (χ0n) is 19.6. The Kier molecular flexibility index (Phi) is 7.77. The van der Waals surface area contributed by atoms with Gasteiger partial charge in [0.15, 0.2) is 11.6 Å². The molecule has 1 nitrogen and oxygen atoms in total. The minimum Gasteiger partial charge on any atom is -0.490 e. The number of unbranched alkanes of at least 4 members (excludes halogenated alkanes) is 1. The summed E-state index contributed by atoms with van der Waals surface area (Å²) in [6.07, 6.45) is 8.01. The van der Waals surface area contributed by atoms with Crippen molar-refractivity contribution in [2.24, 2.45) is 5.92 Å². The molecule has 0 aromatic heterocycles. The molecule has 0 atom stereocenters. The molecule has 0 saturated heterocycles. The van der Waals surface area contributed by atoms with Gasteiger partial charge in [0, 0.05) is 11.1 Å². The van der Waals surface area contributed by atoms with Gasteiger partial charge in [-0.25, -0.2) is 8.78 Å². The summed E-state index contributed by atoms with van der Waals surface area (Å²) in [7, 11) is 0. The first kappa shape index (κ1) is 24.1. The fourth-order valence-corrected chi connectivity index (χ4v) is 4.73. The number of hydrogen-bond acceptors (Lipinski definition) is 1. The first-order valence-electron chi connectivity index (χ1n) is 12.2. The Morgan fingerprint density at radius 2 is 1.50 bits per heavy atom. The van der Waals surface area contributed by atoms with Gasteiger partial charge in [-0.05, 0) is 78.8 Å². The third-order valence-corrected chi connectivity index (χ3v) is 6.88. The molecule has 0 aliphatic heterocycles. The molecule has 1 aliphatic rings. The van der Waals surface area contributed by atoms with E-state index in [2.05, 4.69) is 6.58 Å². The largest absolute Gasteiger partial charge is 0.490 e. The van der Waals surface area contributed by atoms with Crippen molar-refractivity contribution in [3.63, 3.8) is 0 Å².